The van der Waals surface area contributed by atoms with Gasteiger partial charge in [-0.1, -0.05) is 33.6 Å². The zero-order valence-corrected chi connectivity index (χ0v) is 12.2. The zero-order valence-electron chi connectivity index (χ0n) is 10.7. The van der Waals surface area contributed by atoms with Gasteiger partial charge in [0.1, 0.15) is 6.54 Å². The van der Waals surface area contributed by atoms with E-state index in [-0.39, 0.29) is 0 Å². The van der Waals surface area contributed by atoms with Gasteiger partial charge in [0.15, 0.2) is 0 Å². The molecule has 3 rings (SSSR count). The standard InChI is InChI=1S/C12H10Cl2N6O/c13-9-2-1-7(3-10(9)14)12-16-11(21-18-12)6-20-5-8(4-15)17-19-20/h1-3,5H,4,6,15H2. The summed E-state index contributed by atoms with van der Waals surface area (Å²) in [7, 11) is 0. The maximum absolute atomic E-state index is 5.97. The molecular weight excluding hydrogens is 315 g/mol. The van der Waals surface area contributed by atoms with Crippen LogP contribution in [0.2, 0.25) is 10.0 Å². The third-order valence-electron chi connectivity index (χ3n) is 2.74. The lowest BCUT2D eigenvalue weighted by atomic mass is 10.2. The van der Waals surface area contributed by atoms with Crippen LogP contribution in [-0.2, 0) is 13.1 Å². The van der Waals surface area contributed by atoms with Gasteiger partial charge in [-0.2, -0.15) is 4.98 Å². The van der Waals surface area contributed by atoms with Crippen molar-refractivity contribution < 1.29 is 4.52 Å². The van der Waals surface area contributed by atoms with Crippen LogP contribution in [0.3, 0.4) is 0 Å². The highest BCUT2D eigenvalue weighted by molar-refractivity contribution is 6.42. The van der Waals surface area contributed by atoms with Gasteiger partial charge in [0, 0.05) is 12.1 Å². The molecule has 1 aromatic carbocycles. The van der Waals surface area contributed by atoms with E-state index >= 15 is 0 Å². The SMILES string of the molecule is NCc1cn(Cc2nc(-c3ccc(Cl)c(Cl)c3)no2)nn1. The Bertz CT molecular complexity index is 769. The average Bonchev–Trinajstić information content (AvgIpc) is 3.11. The van der Waals surface area contributed by atoms with Gasteiger partial charge in [0.05, 0.1) is 21.9 Å². The Morgan fingerprint density at radius 3 is 2.81 bits per heavy atom. The fourth-order valence-electron chi connectivity index (χ4n) is 1.72. The van der Waals surface area contributed by atoms with Crippen LogP contribution in [0.1, 0.15) is 11.6 Å². The van der Waals surface area contributed by atoms with Crippen molar-refractivity contribution in [3.8, 4) is 11.4 Å². The van der Waals surface area contributed by atoms with Crippen molar-refractivity contribution >= 4 is 23.2 Å². The summed E-state index contributed by atoms with van der Waals surface area (Å²) in [5.41, 5.74) is 6.89. The molecule has 21 heavy (non-hydrogen) atoms. The van der Waals surface area contributed by atoms with E-state index in [1.54, 1.807) is 29.1 Å². The predicted molar refractivity (Wildman–Crippen MR) is 76.8 cm³/mol. The monoisotopic (exact) mass is 324 g/mol. The number of nitrogens with two attached hydrogens (primary N) is 1. The fraction of sp³-hybridized carbons (Fsp3) is 0.167. The number of benzene rings is 1. The van der Waals surface area contributed by atoms with Gasteiger partial charge >= 0.3 is 0 Å². The van der Waals surface area contributed by atoms with E-state index < -0.39 is 0 Å². The molecule has 0 atom stereocenters. The Hall–Kier alpha value is -1.96. The number of nitrogens with zero attached hydrogens (tertiary/aromatic N) is 5. The molecule has 0 bridgehead atoms. The van der Waals surface area contributed by atoms with E-state index in [4.69, 9.17) is 33.5 Å². The summed E-state index contributed by atoms with van der Waals surface area (Å²) in [5, 5.41) is 12.6. The predicted octanol–water partition coefficient (Wildman–Crippen LogP) is 2.14. The Kier molecular flexibility index (Phi) is 3.87. The Morgan fingerprint density at radius 1 is 1.24 bits per heavy atom. The van der Waals surface area contributed by atoms with Gasteiger partial charge < -0.3 is 10.3 Å². The first-order chi connectivity index (χ1) is 10.2. The largest absolute Gasteiger partial charge is 0.337 e. The topological polar surface area (TPSA) is 95.7 Å². The summed E-state index contributed by atoms with van der Waals surface area (Å²) in [6.45, 7) is 0.652. The summed E-state index contributed by atoms with van der Waals surface area (Å²) in [6, 6.07) is 5.13. The van der Waals surface area contributed by atoms with E-state index in [2.05, 4.69) is 20.5 Å². The average molecular weight is 325 g/mol. The molecule has 0 fully saturated rings. The summed E-state index contributed by atoms with van der Waals surface area (Å²) >= 11 is 11.8. The van der Waals surface area contributed by atoms with Gasteiger partial charge in [0.25, 0.3) is 0 Å². The highest BCUT2D eigenvalue weighted by Crippen LogP contribution is 2.27. The van der Waals surface area contributed by atoms with Crippen molar-refractivity contribution in [1.29, 1.82) is 0 Å². The molecule has 2 aromatic heterocycles. The van der Waals surface area contributed by atoms with E-state index in [9.17, 15) is 0 Å². The third-order valence-corrected chi connectivity index (χ3v) is 3.48. The van der Waals surface area contributed by atoms with Crippen LogP contribution in [0.25, 0.3) is 11.4 Å². The molecule has 7 nitrogen and oxygen atoms in total. The van der Waals surface area contributed by atoms with Crippen molar-refractivity contribution in [2.75, 3.05) is 0 Å². The number of hydrogen-bond acceptors (Lipinski definition) is 6. The van der Waals surface area contributed by atoms with Crippen LogP contribution in [-0.4, -0.2) is 25.1 Å². The highest BCUT2D eigenvalue weighted by Gasteiger charge is 2.11. The molecule has 2 N–H and O–H groups in total. The van der Waals surface area contributed by atoms with E-state index in [0.717, 1.165) is 5.56 Å². The molecule has 0 aliphatic carbocycles. The molecular formula is C12H10Cl2N6O. The molecule has 9 heteroatoms. The van der Waals surface area contributed by atoms with Crippen LogP contribution < -0.4 is 5.73 Å². The molecule has 0 saturated heterocycles. The van der Waals surface area contributed by atoms with Crippen molar-refractivity contribution in [1.82, 2.24) is 25.1 Å². The number of halogens is 2. The lowest BCUT2D eigenvalue weighted by molar-refractivity contribution is 0.364. The Labute approximate surface area is 129 Å². The van der Waals surface area contributed by atoms with Crippen molar-refractivity contribution in [3.05, 3.63) is 46.0 Å². The van der Waals surface area contributed by atoms with Gasteiger partial charge in [-0.25, -0.2) is 4.68 Å². The van der Waals surface area contributed by atoms with Crippen molar-refractivity contribution in [2.45, 2.75) is 13.1 Å². The number of hydrogen-bond donors (Lipinski definition) is 1. The summed E-state index contributed by atoms with van der Waals surface area (Å²) in [6.07, 6.45) is 1.73. The first kappa shape index (κ1) is 14.0. The summed E-state index contributed by atoms with van der Waals surface area (Å²) in [5.74, 6) is 0.840. The minimum absolute atomic E-state index is 0.321. The van der Waals surface area contributed by atoms with Gasteiger partial charge in [-0.3, -0.25) is 0 Å². The maximum Gasteiger partial charge on any atom is 0.248 e. The molecule has 0 spiro atoms. The summed E-state index contributed by atoms with van der Waals surface area (Å²) < 4.78 is 6.76. The minimum atomic E-state index is 0.321. The van der Waals surface area contributed by atoms with E-state index in [1.807, 2.05) is 0 Å². The molecule has 0 aliphatic heterocycles. The molecule has 0 unspecified atom stereocenters. The maximum atomic E-state index is 5.97. The zero-order chi connectivity index (χ0) is 14.8. The Balaban J connectivity index is 1.80. The summed E-state index contributed by atoms with van der Waals surface area (Å²) in [4.78, 5) is 4.28. The second-order valence-corrected chi connectivity index (χ2v) is 5.07. The van der Waals surface area contributed by atoms with E-state index in [0.29, 0.717) is 40.5 Å². The fourth-order valence-corrected chi connectivity index (χ4v) is 2.02. The molecule has 2 heterocycles. The molecule has 0 radical (unpaired) electrons. The van der Waals surface area contributed by atoms with Crippen molar-refractivity contribution in [3.63, 3.8) is 0 Å². The second kappa shape index (κ2) is 5.80. The second-order valence-electron chi connectivity index (χ2n) is 4.25. The van der Waals surface area contributed by atoms with Crippen LogP contribution in [0.5, 0.6) is 0 Å². The Morgan fingerprint density at radius 2 is 2.10 bits per heavy atom. The van der Waals surface area contributed by atoms with Crippen molar-refractivity contribution in [2.24, 2.45) is 5.73 Å². The number of aromatic nitrogens is 5. The van der Waals surface area contributed by atoms with Gasteiger partial charge in [-0.15, -0.1) is 5.10 Å². The molecule has 0 amide bonds. The van der Waals surface area contributed by atoms with Gasteiger partial charge in [0.2, 0.25) is 11.7 Å². The first-order valence-corrected chi connectivity index (χ1v) is 6.78. The van der Waals surface area contributed by atoms with E-state index in [1.165, 1.54) is 0 Å². The minimum Gasteiger partial charge on any atom is -0.337 e. The van der Waals surface area contributed by atoms with Crippen LogP contribution in [0.15, 0.2) is 28.9 Å². The normalized spacial score (nSPS) is 11.0. The van der Waals surface area contributed by atoms with Crippen LogP contribution in [0, 0.1) is 0 Å². The molecule has 3 aromatic rings. The molecule has 0 saturated carbocycles. The smallest absolute Gasteiger partial charge is 0.248 e. The van der Waals surface area contributed by atoms with Gasteiger partial charge in [-0.05, 0) is 18.2 Å². The molecule has 108 valence electrons. The molecule has 0 aliphatic rings. The quantitative estimate of drug-likeness (QED) is 0.789. The first-order valence-electron chi connectivity index (χ1n) is 6.03. The lowest BCUT2D eigenvalue weighted by Gasteiger charge is -1.97. The highest BCUT2D eigenvalue weighted by atomic mass is 35.5. The van der Waals surface area contributed by atoms with Crippen LogP contribution in [0.4, 0.5) is 0 Å². The number of rotatable bonds is 4. The van der Waals surface area contributed by atoms with Crippen LogP contribution >= 0.6 is 23.2 Å². The third kappa shape index (κ3) is 3.05. The lowest BCUT2D eigenvalue weighted by Crippen LogP contribution is -2.00.